The van der Waals surface area contributed by atoms with Gasteiger partial charge in [0.2, 0.25) is 0 Å². The van der Waals surface area contributed by atoms with Gasteiger partial charge in [0.15, 0.2) is 5.96 Å². The SMILES string of the molecule is CCNC(=NCCc1cnn(C)c1)N1CCC2(CCCC2)C1.I. The van der Waals surface area contributed by atoms with Crippen LogP contribution < -0.4 is 5.32 Å². The fourth-order valence-electron chi connectivity index (χ4n) is 3.97. The van der Waals surface area contributed by atoms with Crippen LogP contribution in [0.25, 0.3) is 0 Å². The van der Waals surface area contributed by atoms with E-state index in [9.17, 15) is 0 Å². The number of hydrogen-bond donors (Lipinski definition) is 1. The molecule has 0 bridgehead atoms. The van der Waals surface area contributed by atoms with Gasteiger partial charge in [-0.1, -0.05) is 12.8 Å². The smallest absolute Gasteiger partial charge is 0.193 e. The van der Waals surface area contributed by atoms with Gasteiger partial charge in [0, 0.05) is 39.4 Å². The summed E-state index contributed by atoms with van der Waals surface area (Å²) in [4.78, 5) is 7.33. The van der Waals surface area contributed by atoms with Gasteiger partial charge in [0.1, 0.15) is 0 Å². The quantitative estimate of drug-likeness (QED) is 0.453. The largest absolute Gasteiger partial charge is 0.357 e. The van der Waals surface area contributed by atoms with Gasteiger partial charge in [-0.3, -0.25) is 9.67 Å². The Morgan fingerprint density at radius 3 is 2.78 bits per heavy atom. The van der Waals surface area contributed by atoms with Gasteiger partial charge in [-0.05, 0) is 43.6 Å². The van der Waals surface area contributed by atoms with Crippen LogP contribution in [-0.2, 0) is 13.5 Å². The zero-order valence-corrected chi connectivity index (χ0v) is 16.8. The highest BCUT2D eigenvalue weighted by molar-refractivity contribution is 14.0. The number of guanidine groups is 1. The van der Waals surface area contributed by atoms with Crippen LogP contribution in [0, 0.1) is 5.41 Å². The Hall–Kier alpha value is -0.790. The Morgan fingerprint density at radius 1 is 1.35 bits per heavy atom. The van der Waals surface area contributed by atoms with Crippen LogP contribution in [0.1, 0.15) is 44.6 Å². The first-order valence-corrected chi connectivity index (χ1v) is 8.72. The summed E-state index contributed by atoms with van der Waals surface area (Å²) in [6.07, 6.45) is 12.0. The minimum atomic E-state index is 0. The molecule has 5 nitrogen and oxygen atoms in total. The molecule has 2 heterocycles. The molecule has 0 atom stereocenters. The first-order chi connectivity index (χ1) is 10.7. The van der Waals surface area contributed by atoms with E-state index in [-0.39, 0.29) is 24.0 Å². The molecule has 1 spiro atoms. The second-order valence-electron chi connectivity index (χ2n) is 6.89. The van der Waals surface area contributed by atoms with E-state index in [4.69, 9.17) is 4.99 Å². The summed E-state index contributed by atoms with van der Waals surface area (Å²) in [5.41, 5.74) is 1.86. The van der Waals surface area contributed by atoms with Crippen LogP contribution in [0.4, 0.5) is 0 Å². The van der Waals surface area contributed by atoms with Crippen molar-refractivity contribution < 1.29 is 0 Å². The number of likely N-dealkylation sites (tertiary alicyclic amines) is 1. The molecule has 0 unspecified atom stereocenters. The predicted octanol–water partition coefficient (Wildman–Crippen LogP) is 2.81. The molecule has 1 aromatic heterocycles. The normalized spacial score (nSPS) is 20.1. The highest BCUT2D eigenvalue weighted by Crippen LogP contribution is 2.45. The van der Waals surface area contributed by atoms with Crippen LogP contribution >= 0.6 is 24.0 Å². The van der Waals surface area contributed by atoms with E-state index in [1.54, 1.807) is 0 Å². The minimum Gasteiger partial charge on any atom is -0.357 e. The third-order valence-corrected chi connectivity index (χ3v) is 5.16. The number of aliphatic imine (C=N–C) groups is 1. The Kier molecular flexibility index (Phi) is 6.73. The monoisotopic (exact) mass is 431 g/mol. The van der Waals surface area contributed by atoms with Gasteiger partial charge in [-0.25, -0.2) is 0 Å². The lowest BCUT2D eigenvalue weighted by Gasteiger charge is -2.25. The van der Waals surface area contributed by atoms with Crippen molar-refractivity contribution in [3.05, 3.63) is 18.0 Å². The molecule has 1 aliphatic carbocycles. The maximum atomic E-state index is 4.85. The summed E-state index contributed by atoms with van der Waals surface area (Å²) in [6.45, 7) is 6.29. The fourth-order valence-corrected chi connectivity index (χ4v) is 3.97. The first-order valence-electron chi connectivity index (χ1n) is 8.72. The molecule has 3 rings (SSSR count). The van der Waals surface area contributed by atoms with Crippen LogP contribution in [0.5, 0.6) is 0 Å². The third-order valence-electron chi connectivity index (χ3n) is 5.16. The standard InChI is InChI=1S/C17H29N5.HI/c1-3-18-16(19-10-6-15-12-20-21(2)13-15)22-11-9-17(14-22)7-4-5-8-17;/h12-13H,3-11,14H2,1-2H3,(H,18,19);1H. The number of halogens is 1. The van der Waals surface area contributed by atoms with Crippen molar-refractivity contribution >= 4 is 29.9 Å². The molecule has 1 N–H and O–H groups in total. The summed E-state index contributed by atoms with van der Waals surface area (Å²) >= 11 is 0. The molecule has 23 heavy (non-hydrogen) atoms. The van der Waals surface area contributed by atoms with Gasteiger partial charge in [-0.15, -0.1) is 24.0 Å². The number of rotatable bonds is 4. The maximum Gasteiger partial charge on any atom is 0.193 e. The van der Waals surface area contributed by atoms with Crippen molar-refractivity contribution in [2.24, 2.45) is 17.5 Å². The van der Waals surface area contributed by atoms with Gasteiger partial charge in [0.25, 0.3) is 0 Å². The average Bonchev–Trinajstić information content (AvgIpc) is 3.22. The van der Waals surface area contributed by atoms with Crippen molar-refractivity contribution in [1.29, 1.82) is 0 Å². The second-order valence-corrected chi connectivity index (χ2v) is 6.89. The number of aromatic nitrogens is 2. The molecule has 0 aromatic carbocycles. The fraction of sp³-hybridized carbons (Fsp3) is 0.765. The van der Waals surface area contributed by atoms with E-state index in [0.717, 1.165) is 25.5 Å². The summed E-state index contributed by atoms with van der Waals surface area (Å²) < 4.78 is 1.86. The minimum absolute atomic E-state index is 0. The van der Waals surface area contributed by atoms with Crippen molar-refractivity contribution in [1.82, 2.24) is 20.0 Å². The molecule has 130 valence electrons. The Morgan fingerprint density at radius 2 is 2.13 bits per heavy atom. The van der Waals surface area contributed by atoms with Crippen molar-refractivity contribution in [2.75, 3.05) is 26.2 Å². The predicted molar refractivity (Wildman–Crippen MR) is 105 cm³/mol. The van der Waals surface area contributed by atoms with Gasteiger partial charge in [0.05, 0.1) is 6.20 Å². The molecule has 1 saturated heterocycles. The summed E-state index contributed by atoms with van der Waals surface area (Å²) in [5, 5.41) is 7.70. The second kappa shape index (κ2) is 8.35. The zero-order valence-electron chi connectivity index (χ0n) is 14.4. The van der Waals surface area contributed by atoms with Crippen molar-refractivity contribution in [2.45, 2.75) is 45.4 Å². The lowest BCUT2D eigenvalue weighted by molar-refractivity contribution is 0.309. The number of nitrogens with zero attached hydrogens (tertiary/aromatic N) is 4. The first kappa shape index (κ1) is 18.5. The third kappa shape index (κ3) is 4.61. The molecule has 2 aliphatic rings. The lowest BCUT2D eigenvalue weighted by atomic mass is 9.86. The van der Waals surface area contributed by atoms with E-state index in [1.807, 2.05) is 17.9 Å². The van der Waals surface area contributed by atoms with Crippen molar-refractivity contribution in [3.63, 3.8) is 0 Å². The number of aryl methyl sites for hydroxylation is 1. The number of nitrogens with one attached hydrogen (secondary N) is 1. The van der Waals surface area contributed by atoms with E-state index in [2.05, 4.69) is 28.4 Å². The van der Waals surface area contributed by atoms with Gasteiger partial charge >= 0.3 is 0 Å². The molecular weight excluding hydrogens is 401 g/mol. The highest BCUT2D eigenvalue weighted by Gasteiger charge is 2.40. The molecule has 1 aliphatic heterocycles. The molecule has 1 aromatic rings. The molecule has 6 heteroatoms. The van der Waals surface area contributed by atoms with Crippen molar-refractivity contribution in [3.8, 4) is 0 Å². The van der Waals surface area contributed by atoms with E-state index in [1.165, 1.54) is 50.8 Å². The highest BCUT2D eigenvalue weighted by atomic mass is 127. The summed E-state index contributed by atoms with van der Waals surface area (Å²) in [7, 11) is 1.96. The summed E-state index contributed by atoms with van der Waals surface area (Å²) in [6, 6.07) is 0. The van der Waals surface area contributed by atoms with E-state index < -0.39 is 0 Å². The molecule has 2 fully saturated rings. The van der Waals surface area contributed by atoms with Crippen LogP contribution in [0.15, 0.2) is 17.4 Å². The van der Waals surface area contributed by atoms with Crippen LogP contribution in [-0.4, -0.2) is 46.8 Å². The maximum absolute atomic E-state index is 4.85. The lowest BCUT2D eigenvalue weighted by Crippen LogP contribution is -2.41. The van der Waals surface area contributed by atoms with Gasteiger partial charge < -0.3 is 10.2 Å². The Labute approximate surface area is 156 Å². The average molecular weight is 431 g/mol. The topological polar surface area (TPSA) is 45.5 Å². The van der Waals surface area contributed by atoms with Gasteiger partial charge in [-0.2, -0.15) is 5.10 Å². The molecule has 0 radical (unpaired) electrons. The summed E-state index contributed by atoms with van der Waals surface area (Å²) in [5.74, 6) is 1.11. The molecule has 0 amide bonds. The van der Waals surface area contributed by atoms with E-state index in [0.29, 0.717) is 5.41 Å². The Bertz CT molecular complexity index is 519. The molecule has 1 saturated carbocycles. The van der Waals surface area contributed by atoms with E-state index >= 15 is 0 Å². The molecular formula is C17H30IN5. The van der Waals surface area contributed by atoms with Crippen LogP contribution in [0.2, 0.25) is 0 Å². The number of hydrogen-bond acceptors (Lipinski definition) is 2. The van der Waals surface area contributed by atoms with Crippen LogP contribution in [0.3, 0.4) is 0 Å². The zero-order chi connectivity index (χ0) is 15.4. The Balaban J connectivity index is 0.00000192.